The Balaban J connectivity index is 1.80. The third kappa shape index (κ3) is 7.48. The van der Waals surface area contributed by atoms with Crippen molar-refractivity contribution in [3.63, 3.8) is 0 Å². The summed E-state index contributed by atoms with van der Waals surface area (Å²) < 4.78 is 11.1. The van der Waals surface area contributed by atoms with Crippen LogP contribution < -0.4 is 20.3 Å². The first-order valence-corrected chi connectivity index (χ1v) is 10.1. The fraction of sp³-hybridized carbons (Fsp3) is 0.333. The lowest BCUT2D eigenvalue weighted by Crippen LogP contribution is -2.47. The van der Waals surface area contributed by atoms with Crippen molar-refractivity contribution in [2.75, 3.05) is 6.61 Å². The SMILES string of the molecule is CCCCCOc1ccc(C(=O)NNC(=O)C(C)Oc2ccc(Cl)cc2Cl)cc1. The third-order valence-electron chi connectivity index (χ3n) is 4.00. The van der Waals surface area contributed by atoms with Gasteiger partial charge in [-0.05, 0) is 55.8 Å². The maximum atomic E-state index is 12.2. The van der Waals surface area contributed by atoms with Gasteiger partial charge in [-0.2, -0.15) is 0 Å². The van der Waals surface area contributed by atoms with Crippen molar-refractivity contribution >= 4 is 35.0 Å². The minimum absolute atomic E-state index is 0.290. The Morgan fingerprint density at radius 3 is 2.41 bits per heavy atom. The highest BCUT2D eigenvalue weighted by atomic mass is 35.5. The Bertz CT molecular complexity index is 828. The zero-order chi connectivity index (χ0) is 21.2. The molecule has 29 heavy (non-hydrogen) atoms. The molecular weight excluding hydrogens is 415 g/mol. The highest BCUT2D eigenvalue weighted by Crippen LogP contribution is 2.28. The standard InChI is InChI=1S/C21H24Cl2N2O4/c1-3-4-5-12-28-17-9-6-15(7-10-17)21(27)25-24-20(26)14(2)29-19-11-8-16(22)13-18(19)23/h6-11,13-14H,3-5,12H2,1-2H3,(H,24,26)(H,25,27). The summed E-state index contributed by atoms with van der Waals surface area (Å²) in [6, 6.07) is 11.4. The Labute approximate surface area is 180 Å². The topological polar surface area (TPSA) is 76.7 Å². The van der Waals surface area contributed by atoms with Crippen LogP contribution in [0.3, 0.4) is 0 Å². The summed E-state index contributed by atoms with van der Waals surface area (Å²) in [5.41, 5.74) is 5.08. The van der Waals surface area contributed by atoms with Gasteiger partial charge in [-0.25, -0.2) is 0 Å². The fourth-order valence-electron chi connectivity index (χ4n) is 2.35. The van der Waals surface area contributed by atoms with E-state index in [1.807, 2.05) is 0 Å². The molecule has 156 valence electrons. The second kappa shape index (κ2) is 11.5. The van der Waals surface area contributed by atoms with Gasteiger partial charge in [0.2, 0.25) is 0 Å². The summed E-state index contributed by atoms with van der Waals surface area (Å²) in [6.45, 7) is 4.31. The highest BCUT2D eigenvalue weighted by molar-refractivity contribution is 6.35. The second-order valence-corrected chi connectivity index (χ2v) is 7.20. The number of ether oxygens (including phenoxy) is 2. The molecule has 1 atom stereocenters. The van der Waals surface area contributed by atoms with Crippen LogP contribution in [0, 0.1) is 0 Å². The van der Waals surface area contributed by atoms with Crippen LogP contribution in [-0.2, 0) is 4.79 Å². The maximum Gasteiger partial charge on any atom is 0.279 e. The molecule has 2 aromatic rings. The molecule has 1 unspecified atom stereocenters. The van der Waals surface area contributed by atoms with E-state index in [9.17, 15) is 9.59 Å². The van der Waals surface area contributed by atoms with Gasteiger partial charge < -0.3 is 9.47 Å². The largest absolute Gasteiger partial charge is 0.494 e. The van der Waals surface area contributed by atoms with Gasteiger partial charge in [-0.3, -0.25) is 20.4 Å². The minimum Gasteiger partial charge on any atom is -0.494 e. The number of carbonyl (C=O) groups is 2. The van der Waals surface area contributed by atoms with Gasteiger partial charge >= 0.3 is 0 Å². The van der Waals surface area contributed by atoms with E-state index in [1.54, 1.807) is 36.4 Å². The number of benzene rings is 2. The molecule has 0 saturated carbocycles. The van der Waals surface area contributed by atoms with Crippen LogP contribution in [0.25, 0.3) is 0 Å². The number of rotatable bonds is 9. The Morgan fingerprint density at radius 1 is 1.03 bits per heavy atom. The summed E-state index contributed by atoms with van der Waals surface area (Å²) in [7, 11) is 0. The molecular formula is C21H24Cl2N2O4. The molecule has 0 aliphatic heterocycles. The van der Waals surface area contributed by atoms with Gasteiger partial charge in [0.05, 0.1) is 11.6 Å². The van der Waals surface area contributed by atoms with Gasteiger partial charge in [0.25, 0.3) is 11.8 Å². The average Bonchev–Trinajstić information content (AvgIpc) is 2.71. The lowest BCUT2D eigenvalue weighted by atomic mass is 10.2. The first kappa shape index (κ1) is 22.8. The zero-order valence-electron chi connectivity index (χ0n) is 16.3. The normalized spacial score (nSPS) is 11.4. The van der Waals surface area contributed by atoms with Gasteiger partial charge in [-0.15, -0.1) is 0 Å². The molecule has 0 bridgehead atoms. The van der Waals surface area contributed by atoms with Crippen LogP contribution >= 0.6 is 23.2 Å². The molecule has 0 aromatic heterocycles. The van der Waals surface area contributed by atoms with Gasteiger partial charge in [0.1, 0.15) is 11.5 Å². The fourth-order valence-corrected chi connectivity index (χ4v) is 2.80. The van der Waals surface area contributed by atoms with E-state index < -0.39 is 17.9 Å². The molecule has 0 radical (unpaired) electrons. The van der Waals surface area contributed by atoms with E-state index in [1.165, 1.54) is 13.0 Å². The number of carbonyl (C=O) groups excluding carboxylic acids is 2. The van der Waals surface area contributed by atoms with Crippen LogP contribution in [0.2, 0.25) is 10.0 Å². The molecule has 0 spiro atoms. The Hall–Kier alpha value is -2.44. The summed E-state index contributed by atoms with van der Waals surface area (Å²) in [6.07, 6.45) is 2.36. The van der Waals surface area contributed by atoms with E-state index in [2.05, 4.69) is 17.8 Å². The average molecular weight is 439 g/mol. The molecule has 2 amide bonds. The third-order valence-corrected chi connectivity index (χ3v) is 4.53. The van der Waals surface area contributed by atoms with Crippen molar-refractivity contribution < 1.29 is 19.1 Å². The maximum absolute atomic E-state index is 12.2. The summed E-state index contributed by atoms with van der Waals surface area (Å²) in [5.74, 6) is 0.0379. The van der Waals surface area contributed by atoms with Crippen molar-refractivity contribution in [1.82, 2.24) is 10.9 Å². The van der Waals surface area contributed by atoms with E-state index in [0.29, 0.717) is 28.7 Å². The Morgan fingerprint density at radius 2 is 1.76 bits per heavy atom. The lowest BCUT2D eigenvalue weighted by Gasteiger charge is -2.16. The molecule has 0 aliphatic rings. The molecule has 0 heterocycles. The van der Waals surface area contributed by atoms with Gasteiger partial charge in [-0.1, -0.05) is 43.0 Å². The first-order chi connectivity index (χ1) is 13.9. The van der Waals surface area contributed by atoms with E-state index >= 15 is 0 Å². The number of nitrogens with one attached hydrogen (secondary N) is 2. The smallest absolute Gasteiger partial charge is 0.279 e. The number of hydrazine groups is 1. The van der Waals surface area contributed by atoms with Crippen molar-refractivity contribution in [2.45, 2.75) is 39.2 Å². The van der Waals surface area contributed by atoms with Crippen molar-refractivity contribution in [3.05, 3.63) is 58.1 Å². The van der Waals surface area contributed by atoms with E-state index in [4.69, 9.17) is 32.7 Å². The molecule has 8 heteroatoms. The first-order valence-electron chi connectivity index (χ1n) is 9.35. The second-order valence-electron chi connectivity index (χ2n) is 6.36. The molecule has 0 aliphatic carbocycles. The van der Waals surface area contributed by atoms with Gasteiger partial charge in [0, 0.05) is 10.6 Å². The molecule has 0 fully saturated rings. The summed E-state index contributed by atoms with van der Waals surface area (Å²) >= 11 is 11.9. The van der Waals surface area contributed by atoms with Gasteiger partial charge in [0.15, 0.2) is 6.10 Å². The molecule has 6 nitrogen and oxygen atoms in total. The zero-order valence-corrected chi connectivity index (χ0v) is 17.8. The van der Waals surface area contributed by atoms with Crippen molar-refractivity contribution in [1.29, 1.82) is 0 Å². The van der Waals surface area contributed by atoms with Crippen LogP contribution in [0.1, 0.15) is 43.5 Å². The number of hydrogen-bond donors (Lipinski definition) is 2. The van der Waals surface area contributed by atoms with Crippen LogP contribution in [0.5, 0.6) is 11.5 Å². The minimum atomic E-state index is -0.882. The highest BCUT2D eigenvalue weighted by Gasteiger charge is 2.17. The molecule has 2 rings (SSSR count). The Kier molecular flexibility index (Phi) is 9.09. The molecule has 2 aromatic carbocycles. The summed E-state index contributed by atoms with van der Waals surface area (Å²) in [5, 5.41) is 0.752. The quantitative estimate of drug-likeness (QED) is 0.435. The van der Waals surface area contributed by atoms with Crippen LogP contribution in [-0.4, -0.2) is 24.5 Å². The summed E-state index contributed by atoms with van der Waals surface area (Å²) in [4.78, 5) is 24.3. The number of unbranched alkanes of at least 4 members (excludes halogenated alkanes) is 2. The number of halogens is 2. The predicted molar refractivity (Wildman–Crippen MR) is 114 cm³/mol. The van der Waals surface area contributed by atoms with Crippen LogP contribution in [0.15, 0.2) is 42.5 Å². The van der Waals surface area contributed by atoms with Crippen molar-refractivity contribution in [2.24, 2.45) is 0 Å². The predicted octanol–water partition coefficient (Wildman–Crippen LogP) is 4.79. The van der Waals surface area contributed by atoms with E-state index in [0.717, 1.165) is 19.3 Å². The van der Waals surface area contributed by atoms with E-state index in [-0.39, 0.29) is 5.02 Å². The monoisotopic (exact) mass is 438 g/mol. The molecule has 2 N–H and O–H groups in total. The van der Waals surface area contributed by atoms with Crippen molar-refractivity contribution in [3.8, 4) is 11.5 Å². The lowest BCUT2D eigenvalue weighted by molar-refractivity contribution is -0.128. The number of hydrogen-bond acceptors (Lipinski definition) is 4. The van der Waals surface area contributed by atoms with Crippen LogP contribution in [0.4, 0.5) is 0 Å². The molecule has 0 saturated heterocycles. The number of amides is 2.